The highest BCUT2D eigenvalue weighted by molar-refractivity contribution is 7.18. The first-order valence-corrected chi connectivity index (χ1v) is 8.29. The fraction of sp³-hybridized carbons (Fsp3) is 0.600. The maximum Gasteiger partial charge on any atom is 0.262 e. The minimum atomic E-state index is -0.399. The Labute approximate surface area is 127 Å². The van der Waals surface area contributed by atoms with Gasteiger partial charge in [0.2, 0.25) is 0 Å². The van der Waals surface area contributed by atoms with Gasteiger partial charge in [-0.05, 0) is 38.7 Å². The van der Waals surface area contributed by atoms with Crippen molar-refractivity contribution in [2.24, 2.45) is 0 Å². The summed E-state index contributed by atoms with van der Waals surface area (Å²) in [4.78, 5) is 19.4. The molecule has 0 bridgehead atoms. The van der Waals surface area contributed by atoms with Crippen LogP contribution in [-0.4, -0.2) is 29.1 Å². The lowest BCUT2D eigenvalue weighted by Gasteiger charge is -2.17. The molecule has 114 valence electrons. The van der Waals surface area contributed by atoms with Crippen molar-refractivity contribution in [3.05, 3.63) is 27.1 Å². The third-order valence-corrected chi connectivity index (χ3v) is 4.94. The molecular weight excluding hydrogens is 288 g/mol. The molecule has 0 spiro atoms. The summed E-state index contributed by atoms with van der Waals surface area (Å²) < 4.78 is 12.7. The first-order valence-electron chi connectivity index (χ1n) is 7.47. The molecule has 0 saturated carbocycles. The summed E-state index contributed by atoms with van der Waals surface area (Å²) in [5.74, 6) is 0. The van der Waals surface area contributed by atoms with E-state index in [-0.39, 0.29) is 5.56 Å². The second-order valence-corrected chi connectivity index (χ2v) is 6.16. The Bertz CT molecular complexity index is 686. The van der Waals surface area contributed by atoms with Crippen LogP contribution in [0, 0.1) is 0 Å². The van der Waals surface area contributed by atoms with Crippen LogP contribution in [0.25, 0.3) is 10.2 Å². The van der Waals surface area contributed by atoms with E-state index in [9.17, 15) is 4.79 Å². The fourth-order valence-corrected chi connectivity index (χ4v) is 4.06. The molecule has 6 heteroatoms. The number of aryl methyl sites for hydroxylation is 2. The molecule has 5 nitrogen and oxygen atoms in total. The van der Waals surface area contributed by atoms with Crippen LogP contribution < -0.4 is 5.56 Å². The Morgan fingerprint density at radius 1 is 1.33 bits per heavy atom. The van der Waals surface area contributed by atoms with Crippen molar-refractivity contribution in [3.63, 3.8) is 0 Å². The second-order valence-electron chi connectivity index (χ2n) is 5.08. The van der Waals surface area contributed by atoms with Crippen LogP contribution in [-0.2, 0) is 28.9 Å². The molecule has 0 saturated heterocycles. The molecule has 1 aliphatic rings. The SMILES string of the molecule is CCOC(Cn1cnc2sc3c(c2c1=O)CCC3)OCC. The molecule has 0 unspecified atom stereocenters. The average Bonchev–Trinajstić information content (AvgIpc) is 3.02. The van der Waals surface area contributed by atoms with Crippen LogP contribution in [0.5, 0.6) is 0 Å². The third kappa shape index (κ3) is 2.75. The van der Waals surface area contributed by atoms with Crippen molar-refractivity contribution in [2.75, 3.05) is 13.2 Å². The largest absolute Gasteiger partial charge is 0.351 e. The predicted molar refractivity (Wildman–Crippen MR) is 82.9 cm³/mol. The van der Waals surface area contributed by atoms with Crippen molar-refractivity contribution >= 4 is 21.6 Å². The van der Waals surface area contributed by atoms with Gasteiger partial charge in [-0.2, -0.15) is 0 Å². The first kappa shape index (κ1) is 14.7. The van der Waals surface area contributed by atoms with Gasteiger partial charge in [0.25, 0.3) is 5.56 Å². The van der Waals surface area contributed by atoms with E-state index in [1.165, 1.54) is 10.4 Å². The highest BCUT2D eigenvalue weighted by atomic mass is 32.1. The van der Waals surface area contributed by atoms with E-state index in [4.69, 9.17) is 9.47 Å². The highest BCUT2D eigenvalue weighted by Gasteiger charge is 2.22. The Kier molecular flexibility index (Phi) is 4.37. The second kappa shape index (κ2) is 6.25. The average molecular weight is 308 g/mol. The van der Waals surface area contributed by atoms with Gasteiger partial charge in [0, 0.05) is 18.1 Å². The Morgan fingerprint density at radius 2 is 2.10 bits per heavy atom. The minimum absolute atomic E-state index is 0.0313. The van der Waals surface area contributed by atoms with Crippen LogP contribution in [0.1, 0.15) is 30.7 Å². The van der Waals surface area contributed by atoms with Crippen molar-refractivity contribution in [3.8, 4) is 0 Å². The Hall–Kier alpha value is -1.24. The summed E-state index contributed by atoms with van der Waals surface area (Å²) >= 11 is 1.66. The third-order valence-electron chi connectivity index (χ3n) is 3.74. The van der Waals surface area contributed by atoms with E-state index >= 15 is 0 Å². The Morgan fingerprint density at radius 3 is 2.81 bits per heavy atom. The van der Waals surface area contributed by atoms with E-state index in [1.54, 1.807) is 22.2 Å². The molecule has 0 N–H and O–H groups in total. The molecule has 0 aliphatic heterocycles. The molecule has 3 rings (SSSR count). The number of hydrogen-bond donors (Lipinski definition) is 0. The number of rotatable bonds is 6. The van der Waals surface area contributed by atoms with Crippen molar-refractivity contribution < 1.29 is 9.47 Å². The predicted octanol–water partition coefficient (Wildman–Crippen LogP) is 2.35. The van der Waals surface area contributed by atoms with Gasteiger partial charge in [0.1, 0.15) is 4.83 Å². The van der Waals surface area contributed by atoms with Gasteiger partial charge in [0.05, 0.1) is 18.3 Å². The van der Waals surface area contributed by atoms with Gasteiger partial charge < -0.3 is 9.47 Å². The lowest BCUT2D eigenvalue weighted by atomic mass is 10.2. The standard InChI is InChI=1S/C15H20N2O3S/c1-3-19-12(20-4-2)8-17-9-16-14-13(15(17)18)10-6-5-7-11(10)21-14/h9,12H,3-8H2,1-2H3. The summed E-state index contributed by atoms with van der Waals surface area (Å²) in [5, 5.41) is 0.807. The van der Waals surface area contributed by atoms with Gasteiger partial charge in [0.15, 0.2) is 6.29 Å². The quantitative estimate of drug-likeness (QED) is 0.769. The number of aromatic nitrogens is 2. The molecule has 0 atom stereocenters. The fourth-order valence-electron chi connectivity index (χ4n) is 2.84. The van der Waals surface area contributed by atoms with Gasteiger partial charge in [-0.1, -0.05) is 0 Å². The van der Waals surface area contributed by atoms with Crippen LogP contribution in [0.3, 0.4) is 0 Å². The monoisotopic (exact) mass is 308 g/mol. The summed E-state index contributed by atoms with van der Waals surface area (Å²) in [6.45, 7) is 5.34. The maximum absolute atomic E-state index is 12.7. The molecule has 0 aromatic carbocycles. The molecule has 0 radical (unpaired) electrons. The van der Waals surface area contributed by atoms with Crippen molar-refractivity contribution in [1.82, 2.24) is 9.55 Å². The number of hydrogen-bond acceptors (Lipinski definition) is 5. The molecule has 2 heterocycles. The normalized spacial score (nSPS) is 14.2. The molecule has 2 aromatic heterocycles. The summed E-state index contributed by atoms with van der Waals surface area (Å²) in [6.07, 6.45) is 4.43. The molecule has 2 aromatic rings. The number of ether oxygens (including phenoxy) is 2. The number of nitrogens with zero attached hydrogens (tertiary/aromatic N) is 2. The van der Waals surface area contributed by atoms with E-state index < -0.39 is 6.29 Å². The zero-order valence-electron chi connectivity index (χ0n) is 12.4. The van der Waals surface area contributed by atoms with Gasteiger partial charge in [-0.25, -0.2) is 4.98 Å². The van der Waals surface area contributed by atoms with Crippen LogP contribution in [0.15, 0.2) is 11.1 Å². The first-order chi connectivity index (χ1) is 10.2. The maximum atomic E-state index is 12.7. The molecule has 1 aliphatic carbocycles. The Balaban J connectivity index is 1.96. The van der Waals surface area contributed by atoms with Crippen LogP contribution in [0.4, 0.5) is 0 Å². The topological polar surface area (TPSA) is 53.4 Å². The minimum Gasteiger partial charge on any atom is -0.351 e. The van der Waals surface area contributed by atoms with Crippen LogP contribution >= 0.6 is 11.3 Å². The summed E-state index contributed by atoms with van der Waals surface area (Å²) in [6, 6.07) is 0. The lowest BCUT2D eigenvalue weighted by Crippen LogP contribution is -2.30. The number of fused-ring (bicyclic) bond motifs is 3. The lowest BCUT2D eigenvalue weighted by molar-refractivity contribution is -0.144. The molecule has 21 heavy (non-hydrogen) atoms. The van der Waals surface area contributed by atoms with Crippen molar-refractivity contribution in [1.29, 1.82) is 0 Å². The van der Waals surface area contributed by atoms with Gasteiger partial charge >= 0.3 is 0 Å². The van der Waals surface area contributed by atoms with Crippen LogP contribution in [0.2, 0.25) is 0 Å². The summed E-state index contributed by atoms with van der Waals surface area (Å²) in [5.41, 5.74) is 1.25. The van der Waals surface area contributed by atoms with Crippen molar-refractivity contribution in [2.45, 2.75) is 45.9 Å². The smallest absolute Gasteiger partial charge is 0.262 e. The zero-order chi connectivity index (χ0) is 14.8. The highest BCUT2D eigenvalue weighted by Crippen LogP contribution is 2.34. The van der Waals surface area contributed by atoms with E-state index in [2.05, 4.69) is 4.98 Å². The molecule has 0 fully saturated rings. The van der Waals surface area contributed by atoms with E-state index in [0.717, 1.165) is 29.5 Å². The van der Waals surface area contributed by atoms with Gasteiger partial charge in [-0.3, -0.25) is 9.36 Å². The number of thiophene rings is 1. The van der Waals surface area contributed by atoms with E-state index in [0.29, 0.717) is 19.8 Å². The molecule has 0 amide bonds. The summed E-state index contributed by atoms with van der Waals surface area (Å²) in [7, 11) is 0. The van der Waals surface area contributed by atoms with E-state index in [1.807, 2.05) is 13.8 Å². The zero-order valence-corrected chi connectivity index (χ0v) is 13.2. The van der Waals surface area contributed by atoms with Gasteiger partial charge in [-0.15, -0.1) is 11.3 Å². The molecular formula is C15H20N2O3S.